The van der Waals surface area contributed by atoms with Crippen LogP contribution in [0, 0.1) is 0 Å². The summed E-state index contributed by atoms with van der Waals surface area (Å²) in [6, 6.07) is 16.8. The van der Waals surface area contributed by atoms with Crippen molar-refractivity contribution >= 4 is 33.2 Å². The van der Waals surface area contributed by atoms with Crippen molar-refractivity contribution in [2.45, 2.75) is 13.3 Å². The molecule has 2 amide bonds. The Balaban J connectivity index is 1.44. The summed E-state index contributed by atoms with van der Waals surface area (Å²) < 4.78 is 48.6. The van der Waals surface area contributed by atoms with E-state index in [1.165, 1.54) is 13.0 Å². The molecule has 218 valence electrons. The molecule has 0 atom stereocenters. The summed E-state index contributed by atoms with van der Waals surface area (Å²) in [7, 11) is -0.702. The number of hydrogen-bond donors (Lipinski definition) is 2. The van der Waals surface area contributed by atoms with Crippen molar-refractivity contribution in [2.24, 2.45) is 0 Å². The maximum absolute atomic E-state index is 13.1. The molecule has 0 spiro atoms. The Morgan fingerprint density at radius 1 is 0.927 bits per heavy atom. The number of nitrogens with one attached hydrogen (secondary N) is 2. The molecule has 0 aliphatic carbocycles. The molecule has 41 heavy (non-hydrogen) atoms. The number of fused-ring (bicyclic) bond motifs is 1. The van der Waals surface area contributed by atoms with Gasteiger partial charge in [0.1, 0.15) is 19.8 Å². The number of benzene rings is 3. The molecule has 0 saturated heterocycles. The van der Waals surface area contributed by atoms with Crippen LogP contribution in [0.2, 0.25) is 0 Å². The Kier molecular flexibility index (Phi) is 9.56. The van der Waals surface area contributed by atoms with Crippen LogP contribution in [0.5, 0.6) is 23.0 Å². The van der Waals surface area contributed by atoms with Gasteiger partial charge in [0.25, 0.3) is 5.91 Å². The van der Waals surface area contributed by atoms with E-state index < -0.39 is 22.5 Å². The maximum atomic E-state index is 13.1. The van der Waals surface area contributed by atoms with E-state index in [1.807, 2.05) is 12.1 Å². The fourth-order valence-electron chi connectivity index (χ4n) is 4.26. The number of carbonyl (C=O) groups is 2. The minimum absolute atomic E-state index is 0.214. The van der Waals surface area contributed by atoms with Crippen LogP contribution in [0.1, 0.15) is 22.8 Å². The summed E-state index contributed by atoms with van der Waals surface area (Å²) in [6.07, 6.45) is 0.542. The molecule has 2 N–H and O–H groups in total. The first kappa shape index (κ1) is 29.5. The largest absolute Gasteiger partial charge is 0.493 e. The first-order chi connectivity index (χ1) is 19.7. The lowest BCUT2D eigenvalue weighted by Crippen LogP contribution is -2.39. The Bertz CT molecular complexity index is 1510. The number of anilines is 2. The smallest absolute Gasteiger partial charge is 0.253 e. The van der Waals surface area contributed by atoms with Crippen LogP contribution in [0.3, 0.4) is 0 Å². The van der Waals surface area contributed by atoms with Crippen LogP contribution in [0.15, 0.2) is 60.7 Å². The van der Waals surface area contributed by atoms with Crippen molar-refractivity contribution < 1.29 is 37.0 Å². The Hall–Kier alpha value is -4.45. The lowest BCUT2D eigenvalue weighted by atomic mass is 10.1. The lowest BCUT2D eigenvalue weighted by molar-refractivity contribution is -0.114. The second-order valence-corrected chi connectivity index (χ2v) is 11.2. The van der Waals surface area contributed by atoms with E-state index in [-0.39, 0.29) is 28.6 Å². The van der Waals surface area contributed by atoms with Crippen LogP contribution in [-0.4, -0.2) is 66.5 Å². The highest BCUT2D eigenvalue weighted by atomic mass is 32.2. The van der Waals surface area contributed by atoms with Gasteiger partial charge in [0.15, 0.2) is 23.0 Å². The van der Waals surface area contributed by atoms with Gasteiger partial charge < -0.3 is 29.6 Å². The Labute approximate surface area is 239 Å². The Morgan fingerprint density at radius 2 is 1.66 bits per heavy atom. The van der Waals surface area contributed by atoms with E-state index in [0.717, 1.165) is 9.87 Å². The van der Waals surface area contributed by atoms with Crippen molar-refractivity contribution in [3.05, 3.63) is 71.8 Å². The molecule has 0 radical (unpaired) electrons. The van der Waals surface area contributed by atoms with E-state index in [1.54, 1.807) is 56.7 Å². The van der Waals surface area contributed by atoms with E-state index >= 15 is 0 Å². The van der Waals surface area contributed by atoms with Crippen LogP contribution >= 0.6 is 0 Å². The van der Waals surface area contributed by atoms with Crippen LogP contribution in [-0.2, 0) is 21.2 Å². The van der Waals surface area contributed by atoms with Gasteiger partial charge in [0.2, 0.25) is 15.9 Å². The van der Waals surface area contributed by atoms with Gasteiger partial charge in [-0.25, -0.2) is 8.42 Å². The molecule has 11 nitrogen and oxygen atoms in total. The molecule has 1 heterocycles. The fraction of sp³-hybridized carbons (Fsp3) is 0.310. The number of amides is 2. The number of rotatable bonds is 12. The highest BCUT2D eigenvalue weighted by molar-refractivity contribution is 7.92. The summed E-state index contributed by atoms with van der Waals surface area (Å²) in [5, 5.41) is 5.56. The number of nitrogens with zero attached hydrogens (tertiary/aromatic N) is 1. The molecule has 0 fully saturated rings. The average Bonchev–Trinajstić information content (AvgIpc) is 2.99. The summed E-state index contributed by atoms with van der Waals surface area (Å²) in [5.41, 5.74) is 1.72. The molecule has 4 rings (SSSR count). The first-order valence-electron chi connectivity index (χ1n) is 13.0. The van der Waals surface area contributed by atoms with Gasteiger partial charge in [-0.1, -0.05) is 18.2 Å². The number of sulfonamides is 1. The third-order valence-electron chi connectivity index (χ3n) is 6.39. The minimum atomic E-state index is -3.82. The zero-order chi connectivity index (χ0) is 29.4. The van der Waals surface area contributed by atoms with Gasteiger partial charge in [0.05, 0.1) is 36.9 Å². The molecule has 0 bridgehead atoms. The summed E-state index contributed by atoms with van der Waals surface area (Å²) in [4.78, 5) is 26.1. The minimum Gasteiger partial charge on any atom is -0.493 e. The second kappa shape index (κ2) is 13.3. The number of para-hydroxylation sites is 1. The third-order valence-corrected chi connectivity index (χ3v) is 8.14. The number of ether oxygens (including phenoxy) is 4. The highest BCUT2D eigenvalue weighted by Gasteiger charge is 2.26. The topological polar surface area (TPSA) is 133 Å². The van der Waals surface area contributed by atoms with Crippen molar-refractivity contribution in [3.8, 4) is 23.0 Å². The van der Waals surface area contributed by atoms with Gasteiger partial charge in [-0.05, 0) is 55.3 Å². The molecular weight excluding hydrogens is 550 g/mol. The molecule has 0 unspecified atom stereocenters. The van der Waals surface area contributed by atoms with Gasteiger partial charge in [0, 0.05) is 12.6 Å². The zero-order valence-electron chi connectivity index (χ0n) is 23.1. The van der Waals surface area contributed by atoms with Gasteiger partial charge >= 0.3 is 0 Å². The average molecular weight is 584 g/mol. The SMILES string of the molecule is CCS(=O)(=O)N(CC(=O)Nc1ccccc1C(=O)NCCc1ccc(OC)c(OC)c1)c1ccc2c(c1)OCCO2. The maximum Gasteiger partial charge on any atom is 0.253 e. The molecule has 12 heteroatoms. The van der Waals surface area contributed by atoms with Crippen molar-refractivity contribution in [3.63, 3.8) is 0 Å². The third kappa shape index (κ3) is 7.20. The van der Waals surface area contributed by atoms with Crippen molar-refractivity contribution in [1.82, 2.24) is 5.32 Å². The van der Waals surface area contributed by atoms with Crippen molar-refractivity contribution in [2.75, 3.05) is 55.9 Å². The number of hydrogen-bond acceptors (Lipinski definition) is 8. The zero-order valence-corrected chi connectivity index (χ0v) is 24.0. The molecule has 0 aromatic heterocycles. The summed E-state index contributed by atoms with van der Waals surface area (Å²) >= 11 is 0. The molecule has 0 saturated carbocycles. The Morgan fingerprint density at radius 3 is 2.39 bits per heavy atom. The second-order valence-electron chi connectivity index (χ2n) is 9.02. The molecule has 1 aliphatic rings. The molecular formula is C29H33N3O8S. The normalized spacial score (nSPS) is 12.3. The van der Waals surface area contributed by atoms with Crippen LogP contribution in [0.4, 0.5) is 11.4 Å². The van der Waals surface area contributed by atoms with Crippen molar-refractivity contribution in [1.29, 1.82) is 0 Å². The van der Waals surface area contributed by atoms with Gasteiger partial charge in [-0.15, -0.1) is 0 Å². The summed E-state index contributed by atoms with van der Waals surface area (Å²) in [5.74, 6) is 0.913. The quantitative estimate of drug-likeness (QED) is 0.332. The van der Waals surface area contributed by atoms with E-state index in [2.05, 4.69) is 10.6 Å². The molecule has 3 aromatic rings. The van der Waals surface area contributed by atoms with E-state index in [4.69, 9.17) is 18.9 Å². The van der Waals surface area contributed by atoms with E-state index in [0.29, 0.717) is 49.2 Å². The molecule has 1 aliphatic heterocycles. The van der Waals surface area contributed by atoms with Gasteiger partial charge in [-0.2, -0.15) is 0 Å². The predicted molar refractivity (Wildman–Crippen MR) is 155 cm³/mol. The first-order valence-corrected chi connectivity index (χ1v) is 14.6. The van der Waals surface area contributed by atoms with Gasteiger partial charge in [-0.3, -0.25) is 13.9 Å². The standard InChI is InChI=1S/C29H33N3O8S/c1-4-41(35,36)32(21-10-12-25-27(18-21)40-16-15-39-25)19-28(33)31-23-8-6-5-7-22(23)29(34)30-14-13-20-9-11-24(37-2)26(17-20)38-3/h5-12,17-18H,4,13-16,19H2,1-3H3,(H,30,34)(H,31,33). The van der Waals surface area contributed by atoms with Crippen LogP contribution < -0.4 is 33.9 Å². The van der Waals surface area contributed by atoms with Crippen LogP contribution in [0.25, 0.3) is 0 Å². The fourth-order valence-corrected chi connectivity index (χ4v) is 5.32. The lowest BCUT2D eigenvalue weighted by Gasteiger charge is -2.26. The monoisotopic (exact) mass is 583 g/mol. The molecule has 3 aromatic carbocycles. The predicted octanol–water partition coefficient (Wildman–Crippen LogP) is 3.24. The van der Waals surface area contributed by atoms with E-state index in [9.17, 15) is 18.0 Å². The number of methoxy groups -OCH3 is 2. The summed E-state index contributed by atoms with van der Waals surface area (Å²) in [6.45, 7) is 2.08. The number of carbonyl (C=O) groups excluding carboxylic acids is 2. The highest BCUT2D eigenvalue weighted by Crippen LogP contribution is 2.35.